The zero-order valence-corrected chi connectivity index (χ0v) is 12.1. The predicted molar refractivity (Wildman–Crippen MR) is 71.6 cm³/mol. The molecule has 1 N–H and O–H groups in total. The second-order valence-electron chi connectivity index (χ2n) is 6.51. The number of likely N-dealkylation sites (tertiary alicyclic amines) is 1. The number of nitrogens with zero attached hydrogens (tertiary/aromatic N) is 1. The molecular formula is C14H24N2O3. The number of carbonyl (C=O) groups excluding carboxylic acids is 2. The van der Waals surface area contributed by atoms with Crippen LogP contribution in [-0.2, 0) is 9.53 Å². The summed E-state index contributed by atoms with van der Waals surface area (Å²) in [6, 6.07) is 0. The van der Waals surface area contributed by atoms with Gasteiger partial charge in [-0.15, -0.1) is 0 Å². The zero-order chi connectivity index (χ0) is 14.0. The number of piperidine rings is 1. The van der Waals surface area contributed by atoms with Crippen molar-refractivity contribution in [1.29, 1.82) is 0 Å². The van der Waals surface area contributed by atoms with E-state index >= 15 is 0 Å². The molecular weight excluding hydrogens is 244 g/mol. The van der Waals surface area contributed by atoms with Gasteiger partial charge in [-0.3, -0.25) is 4.79 Å². The average Bonchev–Trinajstić information content (AvgIpc) is 2.76. The van der Waals surface area contributed by atoms with Crippen molar-refractivity contribution in [2.75, 3.05) is 19.6 Å². The highest BCUT2D eigenvalue weighted by atomic mass is 16.6. The minimum absolute atomic E-state index is 0.0705. The Kier molecular flexibility index (Phi) is 4.02. The largest absolute Gasteiger partial charge is 0.444 e. The van der Waals surface area contributed by atoms with Crippen LogP contribution in [0.2, 0.25) is 0 Å². The fraction of sp³-hybridized carbons (Fsp3) is 0.857. The van der Waals surface area contributed by atoms with Gasteiger partial charge in [0.1, 0.15) is 5.60 Å². The van der Waals surface area contributed by atoms with E-state index in [0.717, 1.165) is 25.8 Å². The number of rotatable bonds is 1. The van der Waals surface area contributed by atoms with Crippen molar-refractivity contribution in [2.45, 2.75) is 45.6 Å². The summed E-state index contributed by atoms with van der Waals surface area (Å²) in [5.74, 6) is 0.510. The van der Waals surface area contributed by atoms with Crippen molar-refractivity contribution in [1.82, 2.24) is 10.2 Å². The Labute approximate surface area is 114 Å². The lowest BCUT2D eigenvalue weighted by Crippen LogP contribution is -2.41. The normalized spacial score (nSPS) is 28.2. The van der Waals surface area contributed by atoms with Crippen LogP contribution in [0.5, 0.6) is 0 Å². The molecule has 2 saturated heterocycles. The first-order valence-corrected chi connectivity index (χ1v) is 7.12. The molecule has 108 valence electrons. The third-order valence-corrected chi connectivity index (χ3v) is 3.77. The van der Waals surface area contributed by atoms with E-state index in [2.05, 4.69) is 5.32 Å². The summed E-state index contributed by atoms with van der Waals surface area (Å²) in [4.78, 5) is 25.5. The maximum absolute atomic E-state index is 12.0. The quantitative estimate of drug-likeness (QED) is 0.788. The van der Waals surface area contributed by atoms with Gasteiger partial charge in [-0.05, 0) is 46.0 Å². The second kappa shape index (κ2) is 5.39. The molecule has 5 nitrogen and oxygen atoms in total. The second-order valence-corrected chi connectivity index (χ2v) is 6.51. The average molecular weight is 268 g/mol. The van der Waals surface area contributed by atoms with Gasteiger partial charge in [0.25, 0.3) is 0 Å². The minimum Gasteiger partial charge on any atom is -0.444 e. The zero-order valence-electron chi connectivity index (χ0n) is 12.1. The van der Waals surface area contributed by atoms with Crippen molar-refractivity contribution >= 4 is 12.0 Å². The minimum atomic E-state index is -0.461. The van der Waals surface area contributed by atoms with E-state index in [1.54, 1.807) is 4.90 Å². The van der Waals surface area contributed by atoms with Crippen LogP contribution < -0.4 is 5.32 Å². The number of hydrogen-bond donors (Lipinski definition) is 1. The van der Waals surface area contributed by atoms with Crippen molar-refractivity contribution < 1.29 is 14.3 Å². The maximum Gasteiger partial charge on any atom is 0.410 e. The van der Waals surface area contributed by atoms with Crippen LogP contribution in [0.1, 0.15) is 40.0 Å². The van der Waals surface area contributed by atoms with E-state index in [1.807, 2.05) is 20.8 Å². The molecule has 0 saturated carbocycles. The van der Waals surface area contributed by atoms with E-state index in [9.17, 15) is 9.59 Å². The maximum atomic E-state index is 12.0. The number of ether oxygens (including phenoxy) is 1. The lowest BCUT2D eigenvalue weighted by molar-refractivity contribution is -0.128. The van der Waals surface area contributed by atoms with Gasteiger partial charge in [0.05, 0.1) is 0 Å². The smallest absolute Gasteiger partial charge is 0.410 e. The lowest BCUT2D eigenvalue weighted by atomic mass is 9.85. The summed E-state index contributed by atoms with van der Waals surface area (Å²) in [7, 11) is 0. The highest BCUT2D eigenvalue weighted by Gasteiger charge is 2.37. The summed E-state index contributed by atoms with van der Waals surface area (Å²) in [6.45, 7) is 7.74. The van der Waals surface area contributed by atoms with Crippen LogP contribution in [0.15, 0.2) is 0 Å². The first kappa shape index (κ1) is 14.2. The number of carbonyl (C=O) groups is 2. The first-order valence-electron chi connectivity index (χ1n) is 7.12. The first-order chi connectivity index (χ1) is 8.87. The molecule has 2 aliphatic heterocycles. The fourth-order valence-corrected chi connectivity index (χ4v) is 2.85. The summed E-state index contributed by atoms with van der Waals surface area (Å²) < 4.78 is 5.37. The third kappa shape index (κ3) is 3.61. The molecule has 0 aromatic rings. The van der Waals surface area contributed by atoms with E-state index in [0.29, 0.717) is 13.1 Å². The molecule has 2 aliphatic rings. The molecule has 2 fully saturated rings. The van der Waals surface area contributed by atoms with Crippen LogP contribution in [0.4, 0.5) is 4.79 Å². The molecule has 19 heavy (non-hydrogen) atoms. The SMILES string of the molecule is CC(C)(C)OC(=O)N1CCC(C2CCCNC2=O)C1. The Balaban J connectivity index is 1.89. The van der Waals surface area contributed by atoms with Gasteiger partial charge in [0, 0.05) is 25.6 Å². The summed E-state index contributed by atoms with van der Waals surface area (Å²) >= 11 is 0. The molecule has 0 spiro atoms. The van der Waals surface area contributed by atoms with Gasteiger partial charge in [-0.1, -0.05) is 0 Å². The Bertz CT molecular complexity index is 362. The highest BCUT2D eigenvalue weighted by Crippen LogP contribution is 2.30. The molecule has 0 aromatic heterocycles. The van der Waals surface area contributed by atoms with Crippen molar-refractivity contribution in [3.8, 4) is 0 Å². The number of nitrogens with one attached hydrogen (secondary N) is 1. The molecule has 0 bridgehead atoms. The standard InChI is InChI=1S/C14H24N2O3/c1-14(2,3)19-13(18)16-8-6-10(9-16)11-5-4-7-15-12(11)17/h10-11H,4-9H2,1-3H3,(H,15,17). The Hall–Kier alpha value is -1.26. The molecule has 0 radical (unpaired) electrons. The van der Waals surface area contributed by atoms with Crippen LogP contribution in [0.25, 0.3) is 0 Å². The highest BCUT2D eigenvalue weighted by molar-refractivity contribution is 5.79. The van der Waals surface area contributed by atoms with Crippen LogP contribution >= 0.6 is 0 Å². The van der Waals surface area contributed by atoms with E-state index in [4.69, 9.17) is 4.74 Å². The summed E-state index contributed by atoms with van der Waals surface area (Å²) in [5, 5.41) is 2.92. The van der Waals surface area contributed by atoms with Gasteiger partial charge in [-0.2, -0.15) is 0 Å². The van der Waals surface area contributed by atoms with Crippen molar-refractivity contribution in [3.63, 3.8) is 0 Å². The van der Waals surface area contributed by atoms with Crippen molar-refractivity contribution in [2.24, 2.45) is 11.8 Å². The van der Waals surface area contributed by atoms with Gasteiger partial charge in [0.15, 0.2) is 0 Å². The molecule has 2 rings (SSSR count). The Morgan fingerprint density at radius 2 is 2.11 bits per heavy atom. The van der Waals surface area contributed by atoms with Crippen molar-refractivity contribution in [3.05, 3.63) is 0 Å². The molecule has 2 amide bonds. The van der Waals surface area contributed by atoms with Gasteiger partial charge >= 0.3 is 6.09 Å². The molecule has 0 aromatic carbocycles. The van der Waals surface area contributed by atoms with Crippen LogP contribution in [0, 0.1) is 11.8 Å². The summed E-state index contributed by atoms with van der Waals surface area (Å²) in [6.07, 6.45) is 2.63. The third-order valence-electron chi connectivity index (χ3n) is 3.77. The number of amides is 2. The fourth-order valence-electron chi connectivity index (χ4n) is 2.85. The predicted octanol–water partition coefficient (Wildman–Crippen LogP) is 1.77. The van der Waals surface area contributed by atoms with Gasteiger partial charge in [0.2, 0.25) is 5.91 Å². The van der Waals surface area contributed by atoms with Gasteiger partial charge < -0.3 is 15.0 Å². The molecule has 2 atom stereocenters. The Morgan fingerprint density at radius 3 is 2.74 bits per heavy atom. The molecule has 2 unspecified atom stereocenters. The number of hydrogen-bond acceptors (Lipinski definition) is 3. The van der Waals surface area contributed by atoms with Crippen LogP contribution in [0.3, 0.4) is 0 Å². The topological polar surface area (TPSA) is 58.6 Å². The van der Waals surface area contributed by atoms with Crippen LogP contribution in [-0.4, -0.2) is 42.1 Å². The van der Waals surface area contributed by atoms with E-state index in [1.165, 1.54) is 0 Å². The summed E-state index contributed by atoms with van der Waals surface area (Å²) in [5.41, 5.74) is -0.461. The van der Waals surface area contributed by atoms with E-state index < -0.39 is 5.60 Å². The molecule has 0 aliphatic carbocycles. The van der Waals surface area contributed by atoms with E-state index in [-0.39, 0.29) is 23.8 Å². The molecule has 5 heteroatoms. The monoisotopic (exact) mass is 268 g/mol. The van der Waals surface area contributed by atoms with Gasteiger partial charge in [-0.25, -0.2) is 4.79 Å². The Morgan fingerprint density at radius 1 is 1.37 bits per heavy atom. The lowest BCUT2D eigenvalue weighted by Gasteiger charge is -2.28. The molecule has 2 heterocycles.